The van der Waals surface area contributed by atoms with E-state index in [4.69, 9.17) is 14.2 Å². The van der Waals surface area contributed by atoms with Crippen molar-refractivity contribution in [1.82, 2.24) is 0 Å². The highest BCUT2D eigenvalue weighted by molar-refractivity contribution is 7.91. The lowest BCUT2D eigenvalue weighted by atomic mass is 9.98. The average molecular weight is 514 g/mol. The summed E-state index contributed by atoms with van der Waals surface area (Å²) >= 11 is 0. The lowest BCUT2D eigenvalue weighted by Gasteiger charge is -2.30. The Balaban J connectivity index is 1.61. The van der Waals surface area contributed by atoms with E-state index in [1.54, 1.807) is 14.2 Å². The van der Waals surface area contributed by atoms with Gasteiger partial charge in [0.1, 0.15) is 18.9 Å². The number of aryl methyl sites for hydroxylation is 1. The van der Waals surface area contributed by atoms with Gasteiger partial charge in [0, 0.05) is 31.3 Å². The summed E-state index contributed by atoms with van der Waals surface area (Å²) in [5.41, 5.74) is 4.73. The molecule has 36 heavy (non-hydrogen) atoms. The van der Waals surface area contributed by atoms with Gasteiger partial charge in [-0.05, 0) is 24.3 Å². The van der Waals surface area contributed by atoms with Crippen LogP contribution in [-0.4, -0.2) is 58.3 Å². The fraction of sp³-hybridized carbons (Fsp3) is 0.385. The number of pyridine rings is 1. The Bertz CT molecular complexity index is 1440. The van der Waals surface area contributed by atoms with Crippen molar-refractivity contribution in [1.29, 1.82) is 0 Å². The molecular weight excluding hydrogens is 484 g/mol. The minimum absolute atomic E-state index is 0.0611. The number of fused-ring (bicyclic) bond motifs is 4. The molecule has 3 aromatic rings. The number of ether oxygens (including phenoxy) is 3. The zero-order chi connectivity index (χ0) is 25.4. The quantitative estimate of drug-likeness (QED) is 0.481. The van der Waals surface area contributed by atoms with Gasteiger partial charge >= 0.3 is 5.97 Å². The van der Waals surface area contributed by atoms with Gasteiger partial charge < -0.3 is 24.2 Å². The maximum absolute atomic E-state index is 11.8. The van der Waals surface area contributed by atoms with Crippen molar-refractivity contribution in [3.63, 3.8) is 0 Å². The molecule has 0 radical (unpaired) electrons. The molecular formula is C26H29N2O7S+. The molecule has 0 bridgehead atoms. The first-order chi connectivity index (χ1) is 17.3. The third kappa shape index (κ3) is 4.53. The van der Waals surface area contributed by atoms with E-state index in [1.165, 1.54) is 0 Å². The molecule has 1 aromatic heterocycles. The molecule has 5 rings (SSSR count). The van der Waals surface area contributed by atoms with Crippen molar-refractivity contribution in [3.05, 3.63) is 42.0 Å². The molecule has 0 spiro atoms. The molecule has 1 fully saturated rings. The Hall–Kier alpha value is -3.53. The van der Waals surface area contributed by atoms with Gasteiger partial charge in [-0.1, -0.05) is 0 Å². The maximum atomic E-state index is 11.8. The minimum atomic E-state index is -2.97. The molecule has 190 valence electrons. The minimum Gasteiger partial charge on any atom is -0.493 e. The van der Waals surface area contributed by atoms with Gasteiger partial charge in [0.2, 0.25) is 11.2 Å². The first-order valence-electron chi connectivity index (χ1n) is 11.9. The number of aromatic nitrogens is 1. The number of rotatable bonds is 7. The third-order valence-corrected chi connectivity index (χ3v) is 8.42. The van der Waals surface area contributed by atoms with Gasteiger partial charge in [-0.25, -0.2) is 8.42 Å². The van der Waals surface area contributed by atoms with Gasteiger partial charge in [0.25, 0.3) is 0 Å². The lowest BCUT2D eigenvalue weighted by molar-refractivity contribution is -0.661. The molecule has 0 amide bonds. The van der Waals surface area contributed by atoms with E-state index in [2.05, 4.69) is 15.5 Å². The number of carbonyl (C=O) groups is 1. The number of carboxylic acids is 1. The van der Waals surface area contributed by atoms with E-state index in [-0.39, 0.29) is 17.9 Å². The molecule has 1 N–H and O–H groups in total. The molecule has 2 aromatic carbocycles. The van der Waals surface area contributed by atoms with Crippen molar-refractivity contribution in [2.45, 2.75) is 26.0 Å². The topological polar surface area (TPSA) is 106 Å². The number of methoxy groups -OCH3 is 2. The van der Waals surface area contributed by atoms with Crippen molar-refractivity contribution < 1.29 is 37.1 Å². The summed E-state index contributed by atoms with van der Waals surface area (Å²) < 4.78 is 43.0. The van der Waals surface area contributed by atoms with Crippen LogP contribution in [0.3, 0.4) is 0 Å². The SMILES string of the molecule is COc1cc2cc3c([n+](CCCC(=O)O)c2cc1OC)-c1ccc(N2CCS(=O)(=O)CC2)cc1OC3. The van der Waals surface area contributed by atoms with Gasteiger partial charge in [-0.2, -0.15) is 4.57 Å². The first-order valence-corrected chi connectivity index (χ1v) is 13.7. The van der Waals surface area contributed by atoms with Gasteiger partial charge in [-0.15, -0.1) is 0 Å². The Morgan fingerprint density at radius 1 is 1.08 bits per heavy atom. The smallest absolute Gasteiger partial charge is 0.303 e. The van der Waals surface area contributed by atoms with Crippen molar-refractivity contribution >= 4 is 32.4 Å². The van der Waals surface area contributed by atoms with Crippen LogP contribution < -0.4 is 23.7 Å². The standard InChI is InChI=1S/C26H28N2O7S/c1-33-23-13-17-12-18-16-35-22-14-19(27-8-10-36(31,32)11-9-27)5-6-20(22)26(18)28(7-3-4-25(29)30)21(17)15-24(23)34-2/h5-6,12-15H,3-4,7-11,16H2,1-2H3/p+1. The highest BCUT2D eigenvalue weighted by atomic mass is 32.2. The van der Waals surface area contributed by atoms with E-state index >= 15 is 0 Å². The van der Waals surface area contributed by atoms with Crippen molar-refractivity contribution in [2.24, 2.45) is 0 Å². The summed E-state index contributed by atoms with van der Waals surface area (Å²) in [6.07, 6.45) is 0.530. The molecule has 0 unspecified atom stereocenters. The lowest BCUT2D eigenvalue weighted by Crippen LogP contribution is -2.41. The summed E-state index contributed by atoms with van der Waals surface area (Å²) in [5.74, 6) is 1.40. The Kier molecular flexibility index (Phi) is 6.38. The zero-order valence-corrected chi connectivity index (χ0v) is 21.1. The number of hydrogen-bond acceptors (Lipinski definition) is 7. The molecule has 0 saturated carbocycles. The van der Waals surface area contributed by atoms with Crippen LogP contribution in [0.5, 0.6) is 17.2 Å². The van der Waals surface area contributed by atoms with E-state index < -0.39 is 15.8 Å². The van der Waals surface area contributed by atoms with E-state index in [9.17, 15) is 18.3 Å². The summed E-state index contributed by atoms with van der Waals surface area (Å²) in [4.78, 5) is 13.3. The number of sulfone groups is 1. The van der Waals surface area contributed by atoms with Gasteiger partial charge in [-0.3, -0.25) is 4.79 Å². The van der Waals surface area contributed by atoms with Crippen molar-refractivity contribution in [3.8, 4) is 28.5 Å². The fourth-order valence-corrected chi connectivity index (χ4v) is 6.18. The maximum Gasteiger partial charge on any atom is 0.303 e. The molecule has 2 aliphatic rings. The normalized spacial score (nSPS) is 16.1. The second-order valence-corrected chi connectivity index (χ2v) is 11.3. The monoisotopic (exact) mass is 513 g/mol. The van der Waals surface area contributed by atoms with E-state index in [0.717, 1.165) is 39.2 Å². The third-order valence-electron chi connectivity index (χ3n) is 6.81. The fourth-order valence-electron chi connectivity index (χ4n) is 4.98. The van der Waals surface area contributed by atoms with Crippen molar-refractivity contribution in [2.75, 3.05) is 43.7 Å². The van der Waals surface area contributed by atoms with Gasteiger partial charge in [0.05, 0.1) is 54.7 Å². The average Bonchev–Trinajstić information content (AvgIpc) is 2.86. The number of benzene rings is 2. The van der Waals surface area contributed by atoms with E-state index in [1.807, 2.05) is 30.3 Å². The number of nitrogens with zero attached hydrogens (tertiary/aromatic N) is 2. The molecule has 10 heteroatoms. The number of anilines is 1. The van der Waals surface area contributed by atoms with Crippen LogP contribution in [0.4, 0.5) is 5.69 Å². The predicted octanol–water partition coefficient (Wildman–Crippen LogP) is 2.80. The highest BCUT2D eigenvalue weighted by Crippen LogP contribution is 2.41. The second kappa shape index (κ2) is 9.50. The number of hydrogen-bond donors (Lipinski definition) is 1. The van der Waals surface area contributed by atoms with Crippen LogP contribution in [0, 0.1) is 0 Å². The van der Waals surface area contributed by atoms with Crippen LogP contribution in [-0.2, 0) is 27.8 Å². The highest BCUT2D eigenvalue weighted by Gasteiger charge is 2.31. The first kappa shape index (κ1) is 24.2. The molecule has 0 atom stereocenters. The van der Waals surface area contributed by atoms with Gasteiger partial charge in [0.15, 0.2) is 21.3 Å². The zero-order valence-electron chi connectivity index (χ0n) is 20.3. The Morgan fingerprint density at radius 2 is 1.81 bits per heavy atom. The van der Waals surface area contributed by atoms with Crippen LogP contribution in [0.1, 0.15) is 18.4 Å². The molecule has 0 aliphatic carbocycles. The Labute approximate surface area is 209 Å². The summed E-state index contributed by atoms with van der Waals surface area (Å²) in [6.45, 7) is 1.79. The number of aliphatic carboxylic acids is 1. The van der Waals surface area contributed by atoms with Crippen LogP contribution in [0.25, 0.3) is 22.2 Å². The number of carboxylic acid groups (broad SMARTS) is 1. The van der Waals surface area contributed by atoms with E-state index in [0.29, 0.717) is 44.2 Å². The summed E-state index contributed by atoms with van der Waals surface area (Å²) in [7, 11) is 0.215. The molecule has 2 aliphatic heterocycles. The molecule has 3 heterocycles. The second-order valence-electron chi connectivity index (χ2n) is 9.04. The molecule has 9 nitrogen and oxygen atoms in total. The Morgan fingerprint density at radius 3 is 2.50 bits per heavy atom. The predicted molar refractivity (Wildman–Crippen MR) is 135 cm³/mol. The molecule has 1 saturated heterocycles. The van der Waals surface area contributed by atoms with Crippen LogP contribution >= 0.6 is 0 Å². The van der Waals surface area contributed by atoms with Crippen LogP contribution in [0.2, 0.25) is 0 Å². The van der Waals surface area contributed by atoms with Crippen LogP contribution in [0.15, 0.2) is 36.4 Å². The summed E-state index contributed by atoms with van der Waals surface area (Å²) in [5, 5.41) is 10.2. The largest absolute Gasteiger partial charge is 0.493 e. The summed E-state index contributed by atoms with van der Waals surface area (Å²) in [6, 6.07) is 11.9.